The van der Waals surface area contributed by atoms with Gasteiger partial charge in [-0.25, -0.2) is 0 Å². The molecule has 0 N–H and O–H groups in total. The Kier molecular flexibility index (Phi) is 7.77. The molecule has 0 amide bonds. The van der Waals surface area contributed by atoms with Gasteiger partial charge in [0.1, 0.15) is 5.84 Å². The van der Waals surface area contributed by atoms with Crippen LogP contribution in [0.4, 0.5) is 0 Å². The van der Waals surface area contributed by atoms with Crippen molar-refractivity contribution >= 4 is 23.9 Å². The lowest BCUT2D eigenvalue weighted by Gasteiger charge is -2.45. The molecule has 0 radical (unpaired) electrons. The highest BCUT2D eigenvalue weighted by atomic mass is 32.2. The quantitative estimate of drug-likeness (QED) is 0.288. The van der Waals surface area contributed by atoms with E-state index < -0.39 is 18.1 Å². The minimum absolute atomic E-state index is 0.290. The second-order valence-electron chi connectivity index (χ2n) is 9.73. The molecule has 2 rings (SSSR count). The minimum Gasteiger partial charge on any atom is -0.357 e. The van der Waals surface area contributed by atoms with E-state index in [0.717, 1.165) is 36.8 Å². The van der Waals surface area contributed by atoms with Crippen molar-refractivity contribution < 1.29 is 8.42 Å². The molecule has 1 fully saturated rings. The molecule has 1 aromatic rings. The highest BCUT2D eigenvalue weighted by molar-refractivity contribution is 7.90. The minimum atomic E-state index is -3.72. The number of hydrogen-bond acceptors (Lipinski definition) is 2. The zero-order valence-electron chi connectivity index (χ0n) is 19.6. The van der Waals surface area contributed by atoms with E-state index >= 15 is 0 Å². The molecule has 1 aliphatic heterocycles. The van der Waals surface area contributed by atoms with Crippen LogP contribution in [0.2, 0.25) is 22.7 Å². The summed E-state index contributed by atoms with van der Waals surface area (Å²) in [5.41, 5.74) is 2.74. The Bertz CT molecular complexity index is 792. The van der Waals surface area contributed by atoms with E-state index in [4.69, 9.17) is 0 Å². The van der Waals surface area contributed by atoms with Gasteiger partial charge in [0.15, 0.2) is 0 Å². The second kappa shape index (κ2) is 9.34. The average Bonchev–Trinajstić information content (AvgIpc) is 3.03. The number of aryl methyl sites for hydroxylation is 1. The Morgan fingerprint density at radius 2 is 1.59 bits per heavy atom. The molecule has 1 atom stereocenters. The summed E-state index contributed by atoms with van der Waals surface area (Å²) in [6.45, 7) is 19.0. The van der Waals surface area contributed by atoms with Crippen molar-refractivity contribution in [2.75, 3.05) is 6.54 Å². The number of benzene rings is 1. The SMILES string of the molecule is Cc1ccc(S(=O)(=O)/N=C(\C[Si](C(C)C)(C(C)C)C(C)C)N2CCCC2C)cc1. The van der Waals surface area contributed by atoms with Crippen LogP contribution in [0, 0.1) is 6.92 Å². The molecule has 0 spiro atoms. The smallest absolute Gasteiger partial charge is 0.283 e. The van der Waals surface area contributed by atoms with Crippen molar-refractivity contribution in [3.8, 4) is 0 Å². The summed E-state index contributed by atoms with van der Waals surface area (Å²) in [7, 11) is -5.55. The van der Waals surface area contributed by atoms with E-state index in [1.807, 2.05) is 19.1 Å². The zero-order chi connectivity index (χ0) is 22.0. The van der Waals surface area contributed by atoms with Gasteiger partial charge in [-0.15, -0.1) is 4.40 Å². The van der Waals surface area contributed by atoms with Crippen LogP contribution in [-0.4, -0.2) is 39.8 Å². The Hall–Kier alpha value is -1.14. The number of rotatable bonds is 7. The molecule has 1 saturated heterocycles. The van der Waals surface area contributed by atoms with Crippen molar-refractivity contribution in [3.63, 3.8) is 0 Å². The topological polar surface area (TPSA) is 49.7 Å². The van der Waals surface area contributed by atoms with Gasteiger partial charge in [-0.1, -0.05) is 75.9 Å². The Balaban J connectivity index is 2.57. The molecule has 1 heterocycles. The highest BCUT2D eigenvalue weighted by Crippen LogP contribution is 2.45. The molecule has 0 saturated carbocycles. The Labute approximate surface area is 179 Å². The molecule has 1 aromatic carbocycles. The van der Waals surface area contributed by atoms with Crippen molar-refractivity contribution in [1.82, 2.24) is 4.90 Å². The molecule has 1 unspecified atom stereocenters. The summed E-state index contributed by atoms with van der Waals surface area (Å²) < 4.78 is 31.0. The van der Waals surface area contributed by atoms with Crippen LogP contribution in [0.15, 0.2) is 33.6 Å². The van der Waals surface area contributed by atoms with Crippen molar-refractivity contribution in [2.45, 2.75) is 102 Å². The number of nitrogens with zero attached hydrogens (tertiary/aromatic N) is 2. The Morgan fingerprint density at radius 1 is 1.07 bits per heavy atom. The standard InChI is InChI=1S/C23H40N2O2SSi/c1-17(2)29(18(3)4,19(5)6)16-23(25-15-9-10-21(25)8)24-28(26,27)22-13-11-20(7)12-14-22/h11-14,17-19,21H,9-10,15-16H2,1-8H3/b24-23+. The van der Waals surface area contributed by atoms with E-state index in [1.54, 1.807) is 12.1 Å². The summed E-state index contributed by atoms with van der Waals surface area (Å²) in [5.74, 6) is 0.804. The maximum atomic E-state index is 13.2. The number of sulfonamides is 1. The lowest BCUT2D eigenvalue weighted by molar-refractivity contribution is 0.412. The van der Waals surface area contributed by atoms with Crippen LogP contribution < -0.4 is 0 Å². The van der Waals surface area contributed by atoms with Gasteiger partial charge in [-0.3, -0.25) is 0 Å². The number of likely N-dealkylation sites (tertiary alicyclic amines) is 1. The van der Waals surface area contributed by atoms with Crippen LogP contribution in [0.25, 0.3) is 0 Å². The van der Waals surface area contributed by atoms with Crippen LogP contribution in [0.1, 0.15) is 66.9 Å². The first-order valence-corrected chi connectivity index (χ1v) is 15.0. The summed E-state index contributed by atoms with van der Waals surface area (Å²) in [6, 6.07) is 8.22. The van der Waals surface area contributed by atoms with Gasteiger partial charge < -0.3 is 4.90 Å². The van der Waals surface area contributed by atoms with E-state index in [2.05, 4.69) is 57.8 Å². The van der Waals surface area contributed by atoms with Crippen LogP contribution in [-0.2, 0) is 10.0 Å². The fourth-order valence-electron chi connectivity index (χ4n) is 5.29. The van der Waals surface area contributed by atoms with Crippen molar-refractivity contribution in [1.29, 1.82) is 0 Å². The normalized spacial score (nSPS) is 19.1. The number of hydrogen-bond donors (Lipinski definition) is 0. The predicted octanol–water partition coefficient (Wildman–Crippen LogP) is 6.25. The van der Waals surface area contributed by atoms with E-state index in [0.29, 0.717) is 27.6 Å². The largest absolute Gasteiger partial charge is 0.357 e. The lowest BCUT2D eigenvalue weighted by atomic mass is 10.2. The van der Waals surface area contributed by atoms with Gasteiger partial charge in [0.05, 0.1) is 13.0 Å². The second-order valence-corrected chi connectivity index (χ2v) is 17.4. The third-order valence-electron chi connectivity index (χ3n) is 7.12. The van der Waals surface area contributed by atoms with E-state index in [-0.39, 0.29) is 0 Å². The molecule has 164 valence electrons. The first-order valence-electron chi connectivity index (χ1n) is 11.1. The summed E-state index contributed by atoms with van der Waals surface area (Å²) >= 11 is 0. The molecule has 1 aliphatic rings. The summed E-state index contributed by atoms with van der Waals surface area (Å²) in [4.78, 5) is 2.57. The highest BCUT2D eigenvalue weighted by Gasteiger charge is 2.45. The monoisotopic (exact) mass is 436 g/mol. The average molecular weight is 437 g/mol. The predicted molar refractivity (Wildman–Crippen MR) is 127 cm³/mol. The van der Waals surface area contributed by atoms with Gasteiger partial charge in [-0.2, -0.15) is 8.42 Å². The first kappa shape index (κ1) is 24.1. The molecule has 4 nitrogen and oxygen atoms in total. The summed E-state index contributed by atoms with van der Waals surface area (Å²) in [5, 5.41) is 0. The van der Waals surface area contributed by atoms with E-state index in [9.17, 15) is 8.42 Å². The fourth-order valence-corrected chi connectivity index (χ4v) is 12.5. The van der Waals surface area contributed by atoms with Gasteiger partial charge in [0.25, 0.3) is 10.0 Å². The van der Waals surface area contributed by atoms with Gasteiger partial charge in [0, 0.05) is 18.6 Å². The molecule has 29 heavy (non-hydrogen) atoms. The van der Waals surface area contributed by atoms with Crippen molar-refractivity contribution in [3.05, 3.63) is 29.8 Å². The van der Waals surface area contributed by atoms with Crippen LogP contribution in [0.3, 0.4) is 0 Å². The molecule has 6 heteroatoms. The molecule has 0 aliphatic carbocycles. The molecule has 0 aromatic heterocycles. The maximum Gasteiger partial charge on any atom is 0.283 e. The summed E-state index contributed by atoms with van der Waals surface area (Å²) in [6.07, 6.45) is 2.20. The third-order valence-corrected chi connectivity index (χ3v) is 15.8. The van der Waals surface area contributed by atoms with Gasteiger partial charge >= 0.3 is 0 Å². The zero-order valence-corrected chi connectivity index (χ0v) is 21.4. The van der Waals surface area contributed by atoms with Crippen LogP contribution >= 0.6 is 0 Å². The lowest BCUT2D eigenvalue weighted by Crippen LogP contribution is -2.49. The fraction of sp³-hybridized carbons (Fsp3) is 0.696. The van der Waals surface area contributed by atoms with Gasteiger partial charge in [0.2, 0.25) is 0 Å². The third kappa shape index (κ3) is 5.13. The molecular weight excluding hydrogens is 396 g/mol. The first-order chi connectivity index (χ1) is 13.4. The maximum absolute atomic E-state index is 13.2. The molecular formula is C23H40N2O2SSi. The number of amidine groups is 1. The van der Waals surface area contributed by atoms with Crippen LogP contribution in [0.5, 0.6) is 0 Å². The van der Waals surface area contributed by atoms with Crippen molar-refractivity contribution in [2.24, 2.45) is 4.40 Å². The van der Waals surface area contributed by atoms with E-state index in [1.165, 1.54) is 0 Å². The Morgan fingerprint density at radius 3 is 2.00 bits per heavy atom. The molecule has 0 bridgehead atoms. The van der Waals surface area contributed by atoms with Gasteiger partial charge in [-0.05, 0) is 38.8 Å².